The number of benzene rings is 1. The van der Waals surface area contributed by atoms with E-state index in [9.17, 15) is 0 Å². The predicted octanol–water partition coefficient (Wildman–Crippen LogP) is 4.71. The maximum Gasteiger partial charge on any atom is 0.0205 e. The van der Waals surface area contributed by atoms with Crippen LogP contribution >= 0.6 is 11.8 Å². The average molecular weight is 289 g/mol. The standard InChI is InChI=1S/C18H27NS/c1-2-9-19-12-14-4-7-18(8-5-14)20-13-17-11-15-3-6-16(17)10-15/h4-5,7-8,15-17,19H,2-3,6,9-13H2,1H3. The van der Waals surface area contributed by atoms with Crippen LogP contribution in [0.5, 0.6) is 0 Å². The summed E-state index contributed by atoms with van der Waals surface area (Å²) < 4.78 is 0. The van der Waals surface area contributed by atoms with Crippen molar-refractivity contribution in [3.8, 4) is 0 Å². The lowest BCUT2D eigenvalue weighted by molar-refractivity contribution is 0.365. The first-order valence-corrected chi connectivity index (χ1v) is 9.26. The predicted molar refractivity (Wildman–Crippen MR) is 88.1 cm³/mol. The van der Waals surface area contributed by atoms with Gasteiger partial charge in [-0.15, -0.1) is 11.8 Å². The maximum atomic E-state index is 3.46. The van der Waals surface area contributed by atoms with Crippen molar-refractivity contribution in [1.29, 1.82) is 0 Å². The lowest BCUT2D eigenvalue weighted by Gasteiger charge is -2.21. The molecular formula is C18H27NS. The van der Waals surface area contributed by atoms with E-state index in [1.807, 2.05) is 0 Å². The van der Waals surface area contributed by atoms with E-state index in [1.165, 1.54) is 48.3 Å². The fourth-order valence-corrected chi connectivity index (χ4v) is 5.04. The summed E-state index contributed by atoms with van der Waals surface area (Å²) in [7, 11) is 0. The second kappa shape index (κ2) is 7.00. The van der Waals surface area contributed by atoms with Gasteiger partial charge in [-0.3, -0.25) is 0 Å². The van der Waals surface area contributed by atoms with Gasteiger partial charge in [-0.25, -0.2) is 0 Å². The molecule has 0 aliphatic heterocycles. The molecule has 3 rings (SSSR count). The highest BCUT2D eigenvalue weighted by Crippen LogP contribution is 2.49. The molecule has 0 radical (unpaired) electrons. The Labute approximate surface area is 127 Å². The Balaban J connectivity index is 1.44. The molecule has 2 fully saturated rings. The third-order valence-corrected chi connectivity index (χ3v) is 6.23. The van der Waals surface area contributed by atoms with Crippen LogP contribution in [0.15, 0.2) is 29.2 Å². The second-order valence-corrected chi connectivity index (χ2v) is 7.66. The Morgan fingerprint density at radius 1 is 1.15 bits per heavy atom. The minimum atomic E-state index is 1.00. The third-order valence-electron chi connectivity index (χ3n) is 5.03. The van der Waals surface area contributed by atoms with Gasteiger partial charge >= 0.3 is 0 Å². The van der Waals surface area contributed by atoms with Gasteiger partial charge in [0.1, 0.15) is 0 Å². The van der Waals surface area contributed by atoms with Crippen molar-refractivity contribution in [2.45, 2.75) is 50.5 Å². The topological polar surface area (TPSA) is 12.0 Å². The zero-order valence-corrected chi connectivity index (χ0v) is 13.4. The summed E-state index contributed by atoms with van der Waals surface area (Å²) in [6, 6.07) is 9.18. The SMILES string of the molecule is CCCNCc1ccc(SCC2CC3CCC2C3)cc1. The zero-order chi connectivity index (χ0) is 13.8. The van der Waals surface area contributed by atoms with Crippen LogP contribution in [0.1, 0.15) is 44.6 Å². The van der Waals surface area contributed by atoms with Crippen LogP contribution in [-0.2, 0) is 6.54 Å². The van der Waals surface area contributed by atoms with E-state index in [-0.39, 0.29) is 0 Å². The maximum absolute atomic E-state index is 3.46. The molecule has 2 heteroatoms. The number of rotatable bonds is 7. The van der Waals surface area contributed by atoms with E-state index < -0.39 is 0 Å². The van der Waals surface area contributed by atoms with E-state index in [0.717, 1.165) is 30.8 Å². The van der Waals surface area contributed by atoms with Gasteiger partial charge in [-0.1, -0.05) is 25.5 Å². The average Bonchev–Trinajstić information content (AvgIpc) is 3.09. The smallest absolute Gasteiger partial charge is 0.0205 e. The van der Waals surface area contributed by atoms with Crippen molar-refractivity contribution in [2.75, 3.05) is 12.3 Å². The summed E-state index contributed by atoms with van der Waals surface area (Å²) in [5, 5.41) is 3.46. The van der Waals surface area contributed by atoms with Crippen LogP contribution in [0, 0.1) is 17.8 Å². The molecule has 110 valence electrons. The van der Waals surface area contributed by atoms with Crippen molar-refractivity contribution in [1.82, 2.24) is 5.32 Å². The molecule has 20 heavy (non-hydrogen) atoms. The Bertz CT molecular complexity index is 414. The summed E-state index contributed by atoms with van der Waals surface area (Å²) in [5.41, 5.74) is 1.41. The van der Waals surface area contributed by atoms with Crippen LogP contribution in [0.2, 0.25) is 0 Å². The first-order chi connectivity index (χ1) is 9.85. The number of fused-ring (bicyclic) bond motifs is 2. The van der Waals surface area contributed by atoms with Gasteiger partial charge in [0.25, 0.3) is 0 Å². The van der Waals surface area contributed by atoms with Crippen molar-refractivity contribution >= 4 is 11.8 Å². The van der Waals surface area contributed by atoms with Gasteiger partial charge in [0, 0.05) is 17.2 Å². The summed E-state index contributed by atoms with van der Waals surface area (Å²) in [6.07, 6.45) is 7.28. The molecule has 3 atom stereocenters. The van der Waals surface area contributed by atoms with Crippen molar-refractivity contribution in [2.24, 2.45) is 17.8 Å². The molecule has 1 aromatic rings. The quantitative estimate of drug-likeness (QED) is 0.576. The molecule has 2 saturated carbocycles. The minimum absolute atomic E-state index is 1.00. The lowest BCUT2D eigenvalue weighted by atomic mass is 9.90. The number of hydrogen-bond acceptors (Lipinski definition) is 2. The summed E-state index contributed by atoms with van der Waals surface area (Å²) in [4.78, 5) is 1.45. The first-order valence-electron chi connectivity index (χ1n) is 8.27. The Kier molecular flexibility index (Phi) is 5.06. The molecule has 0 heterocycles. The Morgan fingerprint density at radius 2 is 2.00 bits per heavy atom. The molecule has 1 aromatic carbocycles. The largest absolute Gasteiger partial charge is 0.313 e. The third kappa shape index (κ3) is 3.59. The molecule has 2 aliphatic carbocycles. The van der Waals surface area contributed by atoms with E-state index >= 15 is 0 Å². The van der Waals surface area contributed by atoms with Gasteiger partial charge < -0.3 is 5.32 Å². The highest BCUT2D eigenvalue weighted by atomic mass is 32.2. The van der Waals surface area contributed by atoms with Crippen molar-refractivity contribution in [3.63, 3.8) is 0 Å². The van der Waals surface area contributed by atoms with E-state index in [0.29, 0.717) is 0 Å². The van der Waals surface area contributed by atoms with Crippen LogP contribution in [0.3, 0.4) is 0 Å². The van der Waals surface area contributed by atoms with Crippen LogP contribution in [0.25, 0.3) is 0 Å². The van der Waals surface area contributed by atoms with Crippen molar-refractivity contribution in [3.05, 3.63) is 29.8 Å². The number of nitrogens with one attached hydrogen (secondary N) is 1. The fraction of sp³-hybridized carbons (Fsp3) is 0.667. The van der Waals surface area contributed by atoms with E-state index in [2.05, 4.69) is 48.3 Å². The number of hydrogen-bond donors (Lipinski definition) is 1. The van der Waals surface area contributed by atoms with Crippen molar-refractivity contribution < 1.29 is 0 Å². The first kappa shape index (κ1) is 14.5. The van der Waals surface area contributed by atoms with E-state index in [4.69, 9.17) is 0 Å². The van der Waals surface area contributed by atoms with Gasteiger partial charge in [-0.05, 0) is 67.7 Å². The molecule has 0 spiro atoms. The number of thioether (sulfide) groups is 1. The monoisotopic (exact) mass is 289 g/mol. The van der Waals surface area contributed by atoms with Gasteiger partial charge in [-0.2, -0.15) is 0 Å². The van der Waals surface area contributed by atoms with E-state index in [1.54, 1.807) is 0 Å². The van der Waals surface area contributed by atoms with Crippen LogP contribution < -0.4 is 5.32 Å². The molecule has 3 unspecified atom stereocenters. The Morgan fingerprint density at radius 3 is 2.65 bits per heavy atom. The normalized spacial score (nSPS) is 28.1. The molecule has 0 amide bonds. The molecule has 2 aliphatic rings. The van der Waals surface area contributed by atoms with Gasteiger partial charge in [0.15, 0.2) is 0 Å². The highest BCUT2D eigenvalue weighted by molar-refractivity contribution is 7.99. The molecule has 0 aromatic heterocycles. The molecule has 1 N–H and O–H groups in total. The van der Waals surface area contributed by atoms with Gasteiger partial charge in [0.2, 0.25) is 0 Å². The molecular weight excluding hydrogens is 262 g/mol. The molecule has 0 saturated heterocycles. The van der Waals surface area contributed by atoms with Crippen LogP contribution in [-0.4, -0.2) is 12.3 Å². The zero-order valence-electron chi connectivity index (χ0n) is 12.6. The van der Waals surface area contributed by atoms with Gasteiger partial charge in [0.05, 0.1) is 0 Å². The Hall–Kier alpha value is -0.470. The minimum Gasteiger partial charge on any atom is -0.313 e. The highest BCUT2D eigenvalue weighted by Gasteiger charge is 2.38. The summed E-state index contributed by atoms with van der Waals surface area (Å²) >= 11 is 2.07. The lowest BCUT2D eigenvalue weighted by Crippen LogP contribution is -2.13. The molecule has 1 nitrogen and oxygen atoms in total. The van der Waals surface area contributed by atoms with Crippen LogP contribution in [0.4, 0.5) is 0 Å². The molecule has 2 bridgehead atoms. The summed E-state index contributed by atoms with van der Waals surface area (Å²) in [5.74, 6) is 4.49. The second-order valence-electron chi connectivity index (χ2n) is 6.57. The fourth-order valence-electron chi connectivity index (χ4n) is 3.90. The summed E-state index contributed by atoms with van der Waals surface area (Å²) in [6.45, 7) is 4.33.